The molecule has 0 bridgehead atoms. The molecule has 2 fully saturated rings. The summed E-state index contributed by atoms with van der Waals surface area (Å²) in [6.07, 6.45) is 3.16. The highest BCUT2D eigenvalue weighted by atomic mass is 35.5. The lowest BCUT2D eigenvalue weighted by molar-refractivity contribution is -0.0549. The van der Waals surface area contributed by atoms with Crippen LogP contribution in [-0.4, -0.2) is 21.0 Å². The molecule has 2 aliphatic carbocycles. The van der Waals surface area contributed by atoms with Crippen LogP contribution in [0.2, 0.25) is 15.1 Å². The Morgan fingerprint density at radius 1 is 0.929 bits per heavy atom. The number of rotatable bonds is 9. The summed E-state index contributed by atoms with van der Waals surface area (Å²) in [7, 11) is 0. The molecule has 42 heavy (non-hydrogen) atoms. The van der Waals surface area contributed by atoms with E-state index in [1.165, 1.54) is 30.3 Å². The van der Waals surface area contributed by atoms with Gasteiger partial charge in [0.1, 0.15) is 12.4 Å². The third-order valence-corrected chi connectivity index (χ3v) is 10.2. The highest BCUT2D eigenvalue weighted by Gasteiger charge is 2.46. The largest absolute Gasteiger partial charge is 0.489 e. The van der Waals surface area contributed by atoms with E-state index >= 15 is 0 Å². The first-order chi connectivity index (χ1) is 20.1. The van der Waals surface area contributed by atoms with Crippen molar-refractivity contribution in [2.24, 2.45) is 0 Å². The zero-order valence-electron chi connectivity index (χ0n) is 23.0. The van der Waals surface area contributed by atoms with Crippen molar-refractivity contribution < 1.29 is 19.4 Å². The summed E-state index contributed by atoms with van der Waals surface area (Å²) in [5, 5.41) is 12.9. The van der Waals surface area contributed by atoms with Gasteiger partial charge in [0.2, 0.25) is 0 Å². The van der Waals surface area contributed by atoms with Crippen molar-refractivity contribution in [3.05, 3.63) is 102 Å². The molecule has 216 valence electrons. The molecule has 0 aliphatic heterocycles. The van der Waals surface area contributed by atoms with Crippen LogP contribution in [0.3, 0.4) is 0 Å². The first-order valence-electron chi connectivity index (χ1n) is 13.8. The van der Waals surface area contributed by atoms with Gasteiger partial charge in [0.25, 0.3) is 0 Å². The topological polar surface area (TPSA) is 76.5 Å². The average Bonchev–Trinajstić information content (AvgIpc) is 3.69. The summed E-state index contributed by atoms with van der Waals surface area (Å²) < 4.78 is 10.9. The molecule has 0 unspecified atom stereocenters. The van der Waals surface area contributed by atoms with E-state index in [-0.39, 0.29) is 24.1 Å². The van der Waals surface area contributed by atoms with Gasteiger partial charge in [-0.25, -0.2) is 0 Å². The molecule has 0 saturated heterocycles. The number of Topliss-reactive ketones (excluding diaryl/α,β-unsaturated/α-hetero) is 2. The number of aliphatic hydroxyl groups is 1. The average molecular weight is 641 g/mol. The number of aromatic nitrogens is 1. The van der Waals surface area contributed by atoms with E-state index in [1.807, 2.05) is 24.3 Å². The Morgan fingerprint density at radius 3 is 2.24 bits per heavy atom. The molecule has 1 N–H and O–H groups in total. The van der Waals surface area contributed by atoms with E-state index in [1.54, 1.807) is 30.3 Å². The molecule has 4 aromatic rings. The Balaban J connectivity index is 1.19. The van der Waals surface area contributed by atoms with Crippen LogP contribution in [0, 0.1) is 0 Å². The van der Waals surface area contributed by atoms with E-state index in [9.17, 15) is 14.7 Å². The fourth-order valence-electron chi connectivity index (χ4n) is 5.79. The fraction of sp³-hybridized carbons (Fsp3) is 0.303. The van der Waals surface area contributed by atoms with Crippen LogP contribution in [0.4, 0.5) is 0 Å². The van der Waals surface area contributed by atoms with Gasteiger partial charge in [-0.3, -0.25) is 9.59 Å². The molecule has 0 spiro atoms. The van der Waals surface area contributed by atoms with Crippen LogP contribution in [0.25, 0.3) is 11.3 Å². The maximum atomic E-state index is 12.1. The van der Waals surface area contributed by atoms with E-state index in [4.69, 9.17) is 43.9 Å². The normalized spacial score (nSPS) is 19.8. The quantitative estimate of drug-likeness (QED) is 0.185. The van der Waals surface area contributed by atoms with E-state index < -0.39 is 5.60 Å². The van der Waals surface area contributed by atoms with Gasteiger partial charge in [0, 0.05) is 32.7 Å². The number of nitrogens with zero attached hydrogens (tertiary/aromatic N) is 1. The number of carbonyl (C=O) groups excluding carboxylic acids is 2. The first-order valence-corrected chi connectivity index (χ1v) is 15.7. The van der Waals surface area contributed by atoms with Crippen molar-refractivity contribution in [2.45, 2.75) is 63.6 Å². The van der Waals surface area contributed by atoms with Crippen molar-refractivity contribution in [1.82, 2.24) is 4.37 Å². The Bertz CT molecular complexity index is 1700. The number of hydrogen-bond acceptors (Lipinski definition) is 6. The molecule has 6 rings (SSSR count). The molecule has 5 nitrogen and oxygen atoms in total. The second-order valence-electron chi connectivity index (χ2n) is 11.2. The third-order valence-electron chi connectivity index (χ3n) is 8.23. The van der Waals surface area contributed by atoms with Gasteiger partial charge < -0.3 is 9.84 Å². The second kappa shape index (κ2) is 11.4. The minimum Gasteiger partial charge on any atom is -0.489 e. The Labute approximate surface area is 263 Å². The van der Waals surface area contributed by atoms with Crippen molar-refractivity contribution in [3.8, 4) is 17.0 Å². The summed E-state index contributed by atoms with van der Waals surface area (Å²) in [6.45, 7) is 3.20. The predicted octanol–water partition coefficient (Wildman–Crippen LogP) is 9.40. The van der Waals surface area contributed by atoms with Crippen LogP contribution in [-0.2, 0) is 12.2 Å². The first kappa shape index (κ1) is 29.3. The van der Waals surface area contributed by atoms with E-state index in [0.29, 0.717) is 61.8 Å². The monoisotopic (exact) mass is 639 g/mol. The summed E-state index contributed by atoms with van der Waals surface area (Å²) in [4.78, 5) is 25.3. The zero-order chi connectivity index (χ0) is 29.8. The fourth-order valence-corrected chi connectivity index (χ4v) is 7.76. The van der Waals surface area contributed by atoms with Crippen molar-refractivity contribution in [1.29, 1.82) is 0 Å². The molecule has 1 aromatic heterocycles. The zero-order valence-corrected chi connectivity index (χ0v) is 26.1. The van der Waals surface area contributed by atoms with Crippen LogP contribution in [0.15, 0.2) is 54.6 Å². The van der Waals surface area contributed by atoms with Gasteiger partial charge >= 0.3 is 0 Å². The molecule has 0 amide bonds. The van der Waals surface area contributed by atoms with Crippen LogP contribution in [0.1, 0.15) is 93.7 Å². The number of benzene rings is 3. The molecular formula is C33H28Cl3NO4S. The molecule has 9 heteroatoms. The van der Waals surface area contributed by atoms with Gasteiger partial charge in [0.05, 0.1) is 26.4 Å². The summed E-state index contributed by atoms with van der Waals surface area (Å²) in [6, 6.07) is 16.1. The Kier molecular flexibility index (Phi) is 7.96. The lowest BCUT2D eigenvalue weighted by Gasteiger charge is -2.45. The second-order valence-corrected chi connectivity index (χ2v) is 13.3. The van der Waals surface area contributed by atoms with Crippen LogP contribution < -0.4 is 4.74 Å². The van der Waals surface area contributed by atoms with Gasteiger partial charge in [-0.2, -0.15) is 4.37 Å². The summed E-state index contributed by atoms with van der Waals surface area (Å²) >= 11 is 21.2. The van der Waals surface area contributed by atoms with Crippen molar-refractivity contribution in [3.63, 3.8) is 0 Å². The number of ketones is 2. The SMILES string of the molecule is CC(=O)c1ccc(C2CC(O)(c3ccc(OCc4c(-c5c(Cl)cccc5Cl)nsc4C4CC4)cc3Cl)C2)cc1C(C)=O. The Hall–Kier alpha value is -2.74. The van der Waals surface area contributed by atoms with Crippen LogP contribution >= 0.6 is 46.3 Å². The van der Waals surface area contributed by atoms with Gasteiger partial charge in [0.15, 0.2) is 11.6 Å². The predicted molar refractivity (Wildman–Crippen MR) is 168 cm³/mol. The highest BCUT2D eigenvalue weighted by molar-refractivity contribution is 7.06. The van der Waals surface area contributed by atoms with Crippen molar-refractivity contribution >= 4 is 57.9 Å². The number of carbonyl (C=O) groups is 2. The number of ether oxygens (including phenoxy) is 1. The highest BCUT2D eigenvalue weighted by Crippen LogP contribution is 2.53. The van der Waals surface area contributed by atoms with E-state index in [2.05, 4.69) is 0 Å². The summed E-state index contributed by atoms with van der Waals surface area (Å²) in [5.74, 6) is 0.808. The third kappa shape index (κ3) is 5.51. The minimum atomic E-state index is -1.10. The lowest BCUT2D eigenvalue weighted by atomic mass is 9.64. The van der Waals surface area contributed by atoms with Crippen LogP contribution in [0.5, 0.6) is 5.75 Å². The molecule has 1 heterocycles. The van der Waals surface area contributed by atoms with E-state index in [0.717, 1.165) is 29.7 Å². The maximum absolute atomic E-state index is 12.1. The molecule has 0 radical (unpaired) electrons. The standard InChI is InChI=1S/C33H28Cl3NO4S/c1-17(38)23-10-8-20(12-24(23)18(2)39)21-14-33(40,15-21)26-11-9-22(13-29(26)36)41-16-25-31(37-42-32(25)19-6-7-19)30-27(34)4-3-5-28(30)35/h3-5,8-13,19,21,40H,6-7,14-16H2,1-2H3. The van der Waals surface area contributed by atoms with Gasteiger partial charge in [-0.1, -0.05) is 59.1 Å². The molecule has 0 atom stereocenters. The smallest absolute Gasteiger partial charge is 0.160 e. The molecular weight excluding hydrogens is 613 g/mol. The number of halogens is 3. The lowest BCUT2D eigenvalue weighted by Crippen LogP contribution is -2.40. The maximum Gasteiger partial charge on any atom is 0.160 e. The molecule has 3 aromatic carbocycles. The Morgan fingerprint density at radius 2 is 1.62 bits per heavy atom. The summed E-state index contributed by atoms with van der Waals surface area (Å²) in [5.41, 5.74) is 3.75. The number of hydrogen-bond donors (Lipinski definition) is 1. The van der Waals surface area contributed by atoms with Crippen molar-refractivity contribution in [2.75, 3.05) is 0 Å². The molecule has 2 aliphatic rings. The van der Waals surface area contributed by atoms with Gasteiger partial charge in [-0.15, -0.1) is 0 Å². The van der Waals surface area contributed by atoms with Gasteiger partial charge in [-0.05, 0) is 98.8 Å². The molecule has 2 saturated carbocycles. The minimum absolute atomic E-state index is 0.0445.